The zero-order chi connectivity index (χ0) is 18.5. The van der Waals surface area contributed by atoms with Gasteiger partial charge in [0.2, 0.25) is 11.6 Å². The Morgan fingerprint density at radius 3 is 2.62 bits per heavy atom. The summed E-state index contributed by atoms with van der Waals surface area (Å²) in [6.07, 6.45) is 4.11. The summed E-state index contributed by atoms with van der Waals surface area (Å²) in [5, 5.41) is 11.5. The van der Waals surface area contributed by atoms with E-state index in [1.165, 1.54) is 24.5 Å². The minimum atomic E-state index is -0.768. The highest BCUT2D eigenvalue weighted by molar-refractivity contribution is 5.95. The van der Waals surface area contributed by atoms with Gasteiger partial charge in [0.25, 0.3) is 5.91 Å². The molecule has 0 aliphatic carbocycles. The predicted octanol–water partition coefficient (Wildman–Crippen LogP) is 2.27. The van der Waals surface area contributed by atoms with Gasteiger partial charge >= 0.3 is 5.69 Å². The van der Waals surface area contributed by atoms with E-state index < -0.39 is 16.6 Å². The molecule has 0 bridgehead atoms. The first-order chi connectivity index (χ1) is 12.6. The van der Waals surface area contributed by atoms with Gasteiger partial charge in [0.15, 0.2) is 0 Å². The number of anilines is 2. The molecule has 1 amide bonds. The molecule has 3 rings (SSSR count). The van der Waals surface area contributed by atoms with Crippen molar-refractivity contribution in [3.8, 4) is 0 Å². The molecule has 2 N–H and O–H groups in total. The molecular weight excluding hydrogens is 343 g/mol. The number of rotatable bonds is 5. The van der Waals surface area contributed by atoms with Gasteiger partial charge in [0.05, 0.1) is 10.5 Å². The predicted molar refractivity (Wildman–Crippen MR) is 92.2 cm³/mol. The molecule has 1 aromatic carbocycles. The maximum atomic E-state index is 13.7. The van der Waals surface area contributed by atoms with Gasteiger partial charge in [-0.05, 0) is 31.4 Å². The highest BCUT2D eigenvalue weighted by Crippen LogP contribution is 2.32. The van der Waals surface area contributed by atoms with E-state index in [1.807, 2.05) is 4.90 Å². The second kappa shape index (κ2) is 7.72. The number of aromatic nitrogens is 2. The Kier molecular flexibility index (Phi) is 5.20. The van der Waals surface area contributed by atoms with Crippen LogP contribution in [-0.4, -0.2) is 33.9 Å². The average molecular weight is 360 g/mol. The summed E-state index contributed by atoms with van der Waals surface area (Å²) in [6.45, 7) is 1.33. The van der Waals surface area contributed by atoms with Crippen LogP contribution in [0.15, 0.2) is 30.6 Å². The van der Waals surface area contributed by atoms with Crippen molar-refractivity contribution in [1.29, 1.82) is 0 Å². The first-order valence-electron chi connectivity index (χ1n) is 8.13. The SMILES string of the molecule is O=C(NNc1ncnc(N2CCCCC2)c1[N+](=O)[O-])c1ccccc1F. The quantitative estimate of drug-likeness (QED) is 0.621. The summed E-state index contributed by atoms with van der Waals surface area (Å²) in [7, 11) is 0. The third-order valence-electron chi connectivity index (χ3n) is 4.05. The fourth-order valence-corrected chi connectivity index (χ4v) is 2.79. The number of hydrogen-bond donors (Lipinski definition) is 2. The molecule has 26 heavy (non-hydrogen) atoms. The Balaban J connectivity index is 1.82. The Morgan fingerprint density at radius 2 is 1.92 bits per heavy atom. The van der Waals surface area contributed by atoms with E-state index in [0.717, 1.165) is 25.3 Å². The fourth-order valence-electron chi connectivity index (χ4n) is 2.79. The van der Waals surface area contributed by atoms with E-state index in [0.29, 0.717) is 13.1 Å². The van der Waals surface area contributed by atoms with E-state index in [9.17, 15) is 19.3 Å². The Bertz CT molecular complexity index is 825. The molecule has 2 aromatic rings. The van der Waals surface area contributed by atoms with Gasteiger partial charge in [-0.3, -0.25) is 25.8 Å². The van der Waals surface area contributed by atoms with Gasteiger partial charge in [-0.25, -0.2) is 14.4 Å². The number of nitrogens with zero attached hydrogens (tertiary/aromatic N) is 4. The van der Waals surface area contributed by atoms with Gasteiger partial charge < -0.3 is 4.90 Å². The molecule has 0 radical (unpaired) electrons. The molecule has 10 heteroatoms. The van der Waals surface area contributed by atoms with Crippen molar-refractivity contribution in [3.05, 3.63) is 52.1 Å². The fraction of sp³-hybridized carbons (Fsp3) is 0.312. The van der Waals surface area contributed by atoms with Gasteiger partial charge in [-0.2, -0.15) is 0 Å². The standard InChI is InChI=1S/C16H17FN6O3/c17-12-7-3-2-6-11(12)16(24)21-20-14-13(23(25)26)15(19-10-18-14)22-8-4-1-5-9-22/h2-3,6-7,10H,1,4-5,8-9H2,(H,21,24)(H,18,19,20). The molecule has 9 nitrogen and oxygen atoms in total. The molecule has 136 valence electrons. The zero-order valence-corrected chi connectivity index (χ0v) is 13.8. The lowest BCUT2D eigenvalue weighted by atomic mass is 10.1. The Morgan fingerprint density at radius 1 is 1.19 bits per heavy atom. The van der Waals surface area contributed by atoms with Crippen molar-refractivity contribution in [2.24, 2.45) is 0 Å². The molecule has 1 fully saturated rings. The average Bonchev–Trinajstić information content (AvgIpc) is 2.66. The number of carbonyl (C=O) groups excluding carboxylic acids is 1. The van der Waals surface area contributed by atoms with Gasteiger partial charge in [-0.1, -0.05) is 12.1 Å². The van der Waals surface area contributed by atoms with Crippen molar-refractivity contribution in [3.63, 3.8) is 0 Å². The van der Waals surface area contributed by atoms with Crippen molar-refractivity contribution in [2.75, 3.05) is 23.4 Å². The molecule has 2 heterocycles. The number of amides is 1. The lowest BCUT2D eigenvalue weighted by molar-refractivity contribution is -0.383. The van der Waals surface area contributed by atoms with Crippen LogP contribution in [-0.2, 0) is 0 Å². The summed E-state index contributed by atoms with van der Waals surface area (Å²) in [6, 6.07) is 5.43. The largest absolute Gasteiger partial charge is 0.355 e. The molecule has 0 atom stereocenters. The van der Waals surface area contributed by atoms with Crippen molar-refractivity contribution < 1.29 is 14.1 Å². The maximum absolute atomic E-state index is 13.7. The Labute approximate surface area is 148 Å². The molecule has 1 aromatic heterocycles. The third kappa shape index (κ3) is 3.68. The number of halogens is 1. The number of hydrazine groups is 1. The van der Waals surface area contributed by atoms with Crippen LogP contribution in [0.1, 0.15) is 29.6 Å². The molecule has 0 unspecified atom stereocenters. The van der Waals surface area contributed by atoms with Crippen LogP contribution in [0.2, 0.25) is 0 Å². The van der Waals surface area contributed by atoms with E-state index in [-0.39, 0.29) is 22.9 Å². The molecule has 0 spiro atoms. The molecule has 0 saturated carbocycles. The van der Waals surface area contributed by atoms with Crippen LogP contribution in [0.3, 0.4) is 0 Å². The highest BCUT2D eigenvalue weighted by atomic mass is 19.1. The molecule has 1 saturated heterocycles. The summed E-state index contributed by atoms with van der Waals surface area (Å²) in [4.78, 5) is 32.7. The van der Waals surface area contributed by atoms with E-state index >= 15 is 0 Å². The van der Waals surface area contributed by atoms with Crippen LogP contribution in [0.25, 0.3) is 0 Å². The Hall–Kier alpha value is -3.30. The first-order valence-corrected chi connectivity index (χ1v) is 8.13. The van der Waals surface area contributed by atoms with Crippen molar-refractivity contribution in [2.45, 2.75) is 19.3 Å². The molecule has 1 aliphatic heterocycles. The number of carbonyl (C=O) groups is 1. The lowest BCUT2D eigenvalue weighted by Gasteiger charge is -2.27. The number of nitro groups is 1. The second-order valence-electron chi connectivity index (χ2n) is 5.76. The maximum Gasteiger partial charge on any atom is 0.355 e. The van der Waals surface area contributed by atoms with Crippen LogP contribution >= 0.6 is 0 Å². The van der Waals surface area contributed by atoms with Crippen LogP contribution in [0, 0.1) is 15.9 Å². The topological polar surface area (TPSA) is 113 Å². The van der Waals surface area contributed by atoms with Gasteiger partial charge in [-0.15, -0.1) is 0 Å². The van der Waals surface area contributed by atoms with Crippen LogP contribution < -0.4 is 15.8 Å². The zero-order valence-electron chi connectivity index (χ0n) is 13.8. The monoisotopic (exact) mass is 360 g/mol. The third-order valence-corrected chi connectivity index (χ3v) is 4.05. The van der Waals surface area contributed by atoms with E-state index in [1.54, 1.807) is 0 Å². The lowest BCUT2D eigenvalue weighted by Crippen LogP contribution is -2.33. The second-order valence-corrected chi connectivity index (χ2v) is 5.76. The summed E-state index contributed by atoms with van der Waals surface area (Å²) in [5.41, 5.74) is 4.14. The minimum Gasteiger partial charge on any atom is -0.351 e. The van der Waals surface area contributed by atoms with E-state index in [4.69, 9.17) is 0 Å². The minimum absolute atomic E-state index is 0.157. The van der Waals surface area contributed by atoms with Crippen molar-refractivity contribution >= 4 is 23.2 Å². The van der Waals surface area contributed by atoms with Crippen LogP contribution in [0.5, 0.6) is 0 Å². The molecule has 1 aliphatic rings. The number of benzene rings is 1. The number of nitrogens with one attached hydrogen (secondary N) is 2. The van der Waals surface area contributed by atoms with Crippen molar-refractivity contribution in [1.82, 2.24) is 15.4 Å². The van der Waals surface area contributed by atoms with Gasteiger partial charge in [0.1, 0.15) is 12.1 Å². The van der Waals surface area contributed by atoms with Crippen LogP contribution in [0.4, 0.5) is 21.7 Å². The summed E-state index contributed by atoms with van der Waals surface area (Å²) >= 11 is 0. The van der Waals surface area contributed by atoms with E-state index in [2.05, 4.69) is 20.8 Å². The smallest absolute Gasteiger partial charge is 0.351 e. The first kappa shape index (κ1) is 17.5. The highest BCUT2D eigenvalue weighted by Gasteiger charge is 2.28. The number of piperidine rings is 1. The van der Waals surface area contributed by atoms with Gasteiger partial charge in [0, 0.05) is 13.1 Å². The summed E-state index contributed by atoms with van der Waals surface area (Å²) in [5.74, 6) is -1.42. The number of hydrogen-bond acceptors (Lipinski definition) is 7. The normalized spacial score (nSPS) is 14.0. The summed E-state index contributed by atoms with van der Waals surface area (Å²) < 4.78 is 13.7. The molecular formula is C16H17FN6O3.